The van der Waals surface area contributed by atoms with Crippen LogP contribution in [0.3, 0.4) is 0 Å². The Labute approximate surface area is 230 Å². The molecule has 0 saturated carbocycles. The van der Waals surface area contributed by atoms with Crippen molar-refractivity contribution >= 4 is 34.6 Å². The highest BCUT2D eigenvalue weighted by Crippen LogP contribution is 2.48. The number of anilines is 2. The number of fused-ring (bicyclic) bond motifs is 4. The van der Waals surface area contributed by atoms with Crippen molar-refractivity contribution in [2.24, 2.45) is 9.98 Å². The van der Waals surface area contributed by atoms with E-state index in [0.29, 0.717) is 28.8 Å². The van der Waals surface area contributed by atoms with Gasteiger partial charge in [0.15, 0.2) is 17.5 Å². The second-order valence-electron chi connectivity index (χ2n) is 9.57. The number of aryl methyl sites for hydroxylation is 1. The fraction of sp³-hybridized carbons (Fsp3) is 0.0938. The lowest BCUT2D eigenvalue weighted by atomic mass is 9.93. The lowest BCUT2D eigenvalue weighted by molar-refractivity contribution is 0.417. The Balaban J connectivity index is 1.51. The van der Waals surface area contributed by atoms with Crippen molar-refractivity contribution in [2.45, 2.75) is 13.0 Å². The summed E-state index contributed by atoms with van der Waals surface area (Å²) in [5.41, 5.74) is 5.32. The molecule has 7 rings (SSSR count). The molecule has 8 heteroatoms. The molecule has 5 aromatic rings. The zero-order chi connectivity index (χ0) is 27.2. The van der Waals surface area contributed by atoms with E-state index in [2.05, 4.69) is 10.2 Å². The number of hydrogen-bond donors (Lipinski definition) is 1. The third kappa shape index (κ3) is 3.76. The van der Waals surface area contributed by atoms with Gasteiger partial charge in [0, 0.05) is 11.1 Å². The fourth-order valence-corrected chi connectivity index (χ4v) is 5.41. The number of ether oxygens (including phenoxy) is 1. The molecule has 0 bridgehead atoms. The van der Waals surface area contributed by atoms with Crippen LogP contribution >= 0.6 is 0 Å². The minimum Gasteiger partial charge on any atom is -0.495 e. The quantitative estimate of drug-likeness (QED) is 0.270. The standard InChI is InChI=1S/C32H25FN6O/c1-20-28-29(22-14-6-7-15-23(22)33)38-26-18-10-8-16-24(26)34-30(35-25-17-9-11-19-27(25)40-2)32(38)36-31(28)39(37-20)21-12-4-3-5-13-21/h3-19,29H,1-2H3,(H,34,35). The number of para-hydroxylation sites is 5. The first-order chi connectivity index (χ1) is 19.6. The van der Waals surface area contributed by atoms with E-state index < -0.39 is 6.04 Å². The molecule has 196 valence electrons. The summed E-state index contributed by atoms with van der Waals surface area (Å²) in [5, 5.41) is 8.35. The smallest absolute Gasteiger partial charge is 0.179 e. The third-order valence-corrected chi connectivity index (χ3v) is 7.20. The molecule has 1 unspecified atom stereocenters. The van der Waals surface area contributed by atoms with Crippen molar-refractivity contribution in [1.82, 2.24) is 9.78 Å². The van der Waals surface area contributed by atoms with Gasteiger partial charge < -0.3 is 15.0 Å². The SMILES string of the molecule is COc1ccccc1NC1=Nc2ccccc2N2C1=Nc1c(c(C)nn1-c1ccccc1)C2c1ccccc1F. The van der Waals surface area contributed by atoms with Crippen molar-refractivity contribution < 1.29 is 9.13 Å². The topological polar surface area (TPSA) is 67.0 Å². The van der Waals surface area contributed by atoms with Gasteiger partial charge in [-0.15, -0.1) is 0 Å². The normalized spacial score (nSPS) is 15.4. The van der Waals surface area contributed by atoms with E-state index in [0.717, 1.165) is 34.0 Å². The van der Waals surface area contributed by atoms with Crippen molar-refractivity contribution in [1.29, 1.82) is 0 Å². The Morgan fingerprint density at radius 3 is 2.38 bits per heavy atom. The van der Waals surface area contributed by atoms with Gasteiger partial charge >= 0.3 is 0 Å². The number of hydrogen-bond acceptors (Lipinski definition) is 6. The highest BCUT2D eigenvalue weighted by atomic mass is 19.1. The number of rotatable bonds is 4. The zero-order valence-electron chi connectivity index (χ0n) is 21.9. The first kappa shape index (κ1) is 23.8. The van der Waals surface area contributed by atoms with E-state index in [9.17, 15) is 0 Å². The molecule has 1 N–H and O–H groups in total. The summed E-state index contributed by atoms with van der Waals surface area (Å²) in [5.74, 6) is 2.09. The van der Waals surface area contributed by atoms with Crippen LogP contribution in [-0.2, 0) is 0 Å². The van der Waals surface area contributed by atoms with Crippen LogP contribution in [0.5, 0.6) is 5.75 Å². The molecular formula is C32H25FN6O. The van der Waals surface area contributed by atoms with Crippen molar-refractivity contribution in [3.8, 4) is 11.4 Å². The van der Waals surface area contributed by atoms with Crippen molar-refractivity contribution in [3.63, 3.8) is 0 Å². The van der Waals surface area contributed by atoms with Gasteiger partial charge in [-0.1, -0.05) is 60.7 Å². The monoisotopic (exact) mass is 528 g/mol. The summed E-state index contributed by atoms with van der Waals surface area (Å²) in [6.07, 6.45) is 0. The first-order valence-corrected chi connectivity index (χ1v) is 13.0. The maximum atomic E-state index is 15.7. The van der Waals surface area contributed by atoms with Crippen molar-refractivity contribution in [2.75, 3.05) is 17.3 Å². The van der Waals surface area contributed by atoms with Gasteiger partial charge in [0.05, 0.1) is 41.6 Å². The molecule has 1 atom stereocenters. The molecule has 0 radical (unpaired) electrons. The van der Waals surface area contributed by atoms with Crippen LogP contribution in [0.2, 0.25) is 0 Å². The number of amidine groups is 2. The third-order valence-electron chi connectivity index (χ3n) is 7.20. The van der Waals surface area contributed by atoms with Gasteiger partial charge in [-0.05, 0) is 49.4 Å². The molecule has 7 nitrogen and oxygen atoms in total. The molecule has 40 heavy (non-hydrogen) atoms. The van der Waals surface area contributed by atoms with Gasteiger partial charge in [0.2, 0.25) is 0 Å². The molecule has 3 heterocycles. The van der Waals surface area contributed by atoms with Crippen molar-refractivity contribution in [3.05, 3.63) is 126 Å². The number of halogens is 1. The summed E-state index contributed by atoms with van der Waals surface area (Å²) in [4.78, 5) is 12.2. The molecule has 0 spiro atoms. The molecule has 0 amide bonds. The molecule has 2 aliphatic rings. The Hall–Kier alpha value is -5.24. The van der Waals surface area contributed by atoms with E-state index in [4.69, 9.17) is 19.8 Å². The molecule has 1 aromatic heterocycles. The fourth-order valence-electron chi connectivity index (χ4n) is 5.41. The maximum Gasteiger partial charge on any atom is 0.179 e. The zero-order valence-corrected chi connectivity index (χ0v) is 21.9. The molecule has 4 aromatic carbocycles. The largest absolute Gasteiger partial charge is 0.495 e. The van der Waals surface area contributed by atoms with Crippen LogP contribution in [0.4, 0.5) is 27.3 Å². The van der Waals surface area contributed by atoms with E-state index >= 15 is 4.39 Å². The van der Waals surface area contributed by atoms with Gasteiger partial charge in [-0.3, -0.25) is 0 Å². The Morgan fingerprint density at radius 2 is 1.55 bits per heavy atom. The Kier molecular flexibility index (Phi) is 5.66. The second-order valence-corrected chi connectivity index (χ2v) is 9.57. The summed E-state index contributed by atoms with van der Waals surface area (Å²) in [7, 11) is 1.63. The number of aliphatic imine (C=N–C) groups is 2. The van der Waals surface area contributed by atoms with Crippen LogP contribution < -0.4 is 15.0 Å². The number of aromatic nitrogens is 2. The predicted molar refractivity (Wildman–Crippen MR) is 156 cm³/mol. The summed E-state index contributed by atoms with van der Waals surface area (Å²) in [6.45, 7) is 1.95. The lowest BCUT2D eigenvalue weighted by Crippen LogP contribution is -2.46. The molecule has 0 fully saturated rings. The summed E-state index contributed by atoms with van der Waals surface area (Å²) >= 11 is 0. The van der Waals surface area contributed by atoms with Crippen LogP contribution in [0.25, 0.3) is 5.69 Å². The maximum absolute atomic E-state index is 15.7. The van der Waals surface area contributed by atoms with Crippen LogP contribution in [0.1, 0.15) is 22.9 Å². The summed E-state index contributed by atoms with van der Waals surface area (Å²) in [6, 6.07) is 31.7. The number of nitrogens with one attached hydrogen (secondary N) is 1. The average Bonchev–Trinajstić information content (AvgIpc) is 3.33. The van der Waals surface area contributed by atoms with E-state index in [1.807, 2.05) is 103 Å². The van der Waals surface area contributed by atoms with Gasteiger partial charge in [-0.25, -0.2) is 19.1 Å². The van der Waals surface area contributed by atoms with Crippen LogP contribution in [0.15, 0.2) is 113 Å². The number of benzene rings is 4. The summed E-state index contributed by atoms with van der Waals surface area (Å²) < 4.78 is 23.1. The lowest BCUT2D eigenvalue weighted by Gasteiger charge is -2.40. The van der Waals surface area contributed by atoms with E-state index in [1.165, 1.54) is 6.07 Å². The van der Waals surface area contributed by atoms with Gasteiger partial charge in [-0.2, -0.15) is 5.10 Å². The highest BCUT2D eigenvalue weighted by Gasteiger charge is 2.42. The minimum absolute atomic E-state index is 0.300. The predicted octanol–water partition coefficient (Wildman–Crippen LogP) is 7.12. The average molecular weight is 529 g/mol. The van der Waals surface area contributed by atoms with E-state index in [-0.39, 0.29) is 5.82 Å². The van der Waals surface area contributed by atoms with Crippen LogP contribution in [-0.4, -0.2) is 28.6 Å². The number of nitrogens with zero attached hydrogens (tertiary/aromatic N) is 5. The van der Waals surface area contributed by atoms with Gasteiger partial charge in [0.25, 0.3) is 0 Å². The second kappa shape index (κ2) is 9.50. The molecule has 2 aliphatic heterocycles. The first-order valence-electron chi connectivity index (χ1n) is 13.0. The van der Waals surface area contributed by atoms with E-state index in [1.54, 1.807) is 13.2 Å². The Morgan fingerprint density at radius 1 is 0.825 bits per heavy atom. The number of methoxy groups -OCH3 is 1. The Bertz CT molecular complexity index is 1810. The van der Waals surface area contributed by atoms with Gasteiger partial charge in [0.1, 0.15) is 11.6 Å². The molecule has 0 aliphatic carbocycles. The minimum atomic E-state index is -0.535. The molecular weight excluding hydrogens is 503 g/mol. The molecule has 0 saturated heterocycles. The van der Waals surface area contributed by atoms with Crippen LogP contribution in [0, 0.1) is 12.7 Å². The highest BCUT2D eigenvalue weighted by molar-refractivity contribution is 6.51.